The molecule has 2 heterocycles. The monoisotopic (exact) mass is 347 g/mol. The van der Waals surface area contributed by atoms with Crippen LogP contribution in [0.1, 0.15) is 53.5 Å². The van der Waals surface area contributed by atoms with Gasteiger partial charge in [0.1, 0.15) is 11.4 Å². The van der Waals surface area contributed by atoms with Crippen LogP contribution in [0.3, 0.4) is 0 Å². The number of aliphatic imine (C=N–C) groups is 1. The Morgan fingerprint density at radius 3 is 2.73 bits per heavy atom. The van der Waals surface area contributed by atoms with Crippen molar-refractivity contribution < 1.29 is 4.74 Å². The van der Waals surface area contributed by atoms with Crippen LogP contribution in [0.25, 0.3) is 0 Å². The Hall–Kier alpha value is -2.20. The highest BCUT2D eigenvalue weighted by Crippen LogP contribution is 2.64. The largest absolute Gasteiger partial charge is 0.383 e. The van der Waals surface area contributed by atoms with Crippen LogP contribution in [0.2, 0.25) is 0 Å². The first kappa shape index (κ1) is 16.0. The van der Waals surface area contributed by atoms with Gasteiger partial charge in [-0.25, -0.2) is 0 Å². The number of ether oxygens (including phenoxy) is 1. The van der Waals surface area contributed by atoms with Crippen molar-refractivity contribution >= 4 is 5.84 Å². The summed E-state index contributed by atoms with van der Waals surface area (Å²) in [7, 11) is 1.83. The predicted molar refractivity (Wildman–Crippen MR) is 102 cm³/mol. The number of aryl methyl sites for hydroxylation is 1. The van der Waals surface area contributed by atoms with Gasteiger partial charge in [-0.3, -0.25) is 9.98 Å². The maximum atomic E-state index is 6.44. The molecule has 0 amide bonds. The standard InChI is InChI=1S/C22H25N3O/c1-14-3-4-15-12-21(8-5-16(26-2)6-9-21)22(18(15)11-14)19-13-24-10-7-17(19)20(23)25-22/h3-4,7,10-11,13,16H,5-6,8-9,12H2,1-2H3,(H2,23,25). The van der Waals surface area contributed by atoms with Gasteiger partial charge in [-0.1, -0.05) is 23.8 Å². The van der Waals surface area contributed by atoms with Crippen LogP contribution in [0, 0.1) is 12.3 Å². The molecule has 2 spiro atoms. The van der Waals surface area contributed by atoms with Gasteiger partial charge in [-0.2, -0.15) is 0 Å². The van der Waals surface area contributed by atoms with Gasteiger partial charge < -0.3 is 10.5 Å². The maximum Gasteiger partial charge on any atom is 0.127 e. The molecule has 26 heavy (non-hydrogen) atoms. The second-order valence-electron chi connectivity index (χ2n) is 8.18. The highest BCUT2D eigenvalue weighted by Gasteiger charge is 2.62. The van der Waals surface area contributed by atoms with E-state index in [2.05, 4.69) is 30.1 Å². The van der Waals surface area contributed by atoms with E-state index >= 15 is 0 Å². The number of rotatable bonds is 1. The van der Waals surface area contributed by atoms with Crippen LogP contribution in [0.15, 0.2) is 41.7 Å². The van der Waals surface area contributed by atoms with E-state index in [1.807, 2.05) is 25.6 Å². The van der Waals surface area contributed by atoms with Gasteiger partial charge in [0.05, 0.1) is 6.10 Å². The lowest BCUT2D eigenvalue weighted by atomic mass is 9.59. The SMILES string of the molecule is COC1CCC2(CC1)Cc1ccc(C)cc1C21N=C(N)c2ccncc21. The summed E-state index contributed by atoms with van der Waals surface area (Å²) >= 11 is 0. The Labute approximate surface area is 154 Å². The third-order valence-corrected chi connectivity index (χ3v) is 6.95. The highest BCUT2D eigenvalue weighted by molar-refractivity contribution is 6.02. The van der Waals surface area contributed by atoms with Crippen molar-refractivity contribution in [1.82, 2.24) is 4.98 Å². The Balaban J connectivity index is 1.76. The van der Waals surface area contributed by atoms with Crippen LogP contribution in [0.4, 0.5) is 0 Å². The summed E-state index contributed by atoms with van der Waals surface area (Å²) in [6.07, 6.45) is 9.60. The molecule has 1 aromatic carbocycles. The molecule has 4 heteroatoms. The van der Waals surface area contributed by atoms with Crippen molar-refractivity contribution in [1.29, 1.82) is 0 Å². The number of benzene rings is 1. The Kier molecular flexibility index (Phi) is 3.32. The first-order valence-corrected chi connectivity index (χ1v) is 9.53. The zero-order valence-electron chi connectivity index (χ0n) is 15.5. The van der Waals surface area contributed by atoms with Gasteiger partial charge in [-0.15, -0.1) is 0 Å². The van der Waals surface area contributed by atoms with Crippen molar-refractivity contribution in [3.63, 3.8) is 0 Å². The number of nitrogens with zero attached hydrogens (tertiary/aromatic N) is 2. The van der Waals surface area contributed by atoms with Gasteiger partial charge >= 0.3 is 0 Å². The fourth-order valence-electron chi connectivity index (χ4n) is 5.69. The topological polar surface area (TPSA) is 60.5 Å². The Morgan fingerprint density at radius 2 is 1.96 bits per heavy atom. The van der Waals surface area contributed by atoms with Crippen molar-refractivity contribution in [3.8, 4) is 0 Å². The molecule has 1 unspecified atom stereocenters. The van der Waals surface area contributed by atoms with E-state index in [9.17, 15) is 0 Å². The normalized spacial score (nSPS) is 31.9. The van der Waals surface area contributed by atoms with Crippen molar-refractivity contribution in [3.05, 3.63) is 64.5 Å². The molecule has 4 nitrogen and oxygen atoms in total. The molecule has 1 aliphatic heterocycles. The van der Waals surface area contributed by atoms with Gasteiger partial charge in [-0.05, 0) is 56.2 Å². The average molecular weight is 347 g/mol. The molecule has 2 aromatic rings. The van der Waals surface area contributed by atoms with E-state index in [1.165, 1.54) is 22.3 Å². The van der Waals surface area contributed by atoms with Gasteiger partial charge in [0.2, 0.25) is 0 Å². The summed E-state index contributed by atoms with van der Waals surface area (Å²) in [6.45, 7) is 2.16. The summed E-state index contributed by atoms with van der Waals surface area (Å²) in [6, 6.07) is 8.86. The molecule has 1 saturated carbocycles. The first-order valence-electron chi connectivity index (χ1n) is 9.53. The Bertz CT molecular complexity index is 911. The summed E-state index contributed by atoms with van der Waals surface area (Å²) in [5, 5.41) is 0. The zero-order chi connectivity index (χ0) is 17.9. The van der Waals surface area contributed by atoms with Crippen LogP contribution in [0.5, 0.6) is 0 Å². The average Bonchev–Trinajstić information content (AvgIpc) is 3.11. The van der Waals surface area contributed by atoms with E-state index in [1.54, 1.807) is 0 Å². The van der Waals surface area contributed by atoms with Crippen molar-refractivity contribution in [2.75, 3.05) is 7.11 Å². The lowest BCUT2D eigenvalue weighted by Crippen LogP contribution is -2.45. The number of pyridine rings is 1. The van der Waals surface area contributed by atoms with Gasteiger partial charge in [0, 0.05) is 36.0 Å². The molecule has 0 saturated heterocycles. The van der Waals surface area contributed by atoms with E-state index in [-0.39, 0.29) is 11.0 Å². The highest BCUT2D eigenvalue weighted by atomic mass is 16.5. The van der Waals surface area contributed by atoms with E-state index in [0.29, 0.717) is 11.9 Å². The molecule has 2 aliphatic carbocycles. The summed E-state index contributed by atoms with van der Waals surface area (Å²) < 4.78 is 5.66. The number of nitrogens with two attached hydrogens (primary N) is 1. The minimum absolute atomic E-state index is 0.0665. The van der Waals surface area contributed by atoms with Gasteiger partial charge in [0.15, 0.2) is 0 Å². The summed E-state index contributed by atoms with van der Waals surface area (Å²) in [5.41, 5.74) is 12.4. The molecule has 3 aliphatic rings. The third-order valence-electron chi connectivity index (χ3n) is 6.95. The molecule has 2 N–H and O–H groups in total. The number of fused-ring (bicyclic) bond motifs is 5. The molecule has 5 rings (SSSR count). The number of methoxy groups -OCH3 is 1. The molecular weight excluding hydrogens is 322 g/mol. The molecule has 1 atom stereocenters. The van der Waals surface area contributed by atoms with Crippen LogP contribution < -0.4 is 5.73 Å². The number of hydrogen-bond acceptors (Lipinski definition) is 4. The second kappa shape index (κ2) is 5.40. The number of amidine groups is 1. The lowest BCUT2D eigenvalue weighted by Gasteiger charge is -2.46. The maximum absolute atomic E-state index is 6.44. The third kappa shape index (κ3) is 1.88. The zero-order valence-corrected chi connectivity index (χ0v) is 15.5. The van der Waals surface area contributed by atoms with Crippen molar-refractivity contribution in [2.45, 2.75) is 50.7 Å². The lowest BCUT2D eigenvalue weighted by molar-refractivity contribution is 0.00679. The first-order chi connectivity index (χ1) is 12.6. The van der Waals surface area contributed by atoms with E-state index in [4.69, 9.17) is 15.5 Å². The summed E-state index contributed by atoms with van der Waals surface area (Å²) in [5.74, 6) is 0.657. The predicted octanol–water partition coefficient (Wildman–Crippen LogP) is 3.48. The van der Waals surface area contributed by atoms with Gasteiger partial charge in [0.25, 0.3) is 0 Å². The molecule has 1 fully saturated rings. The van der Waals surface area contributed by atoms with Crippen LogP contribution in [-0.2, 0) is 16.7 Å². The minimum Gasteiger partial charge on any atom is -0.383 e. The minimum atomic E-state index is -0.388. The van der Waals surface area contributed by atoms with E-state index < -0.39 is 0 Å². The second-order valence-corrected chi connectivity index (χ2v) is 8.18. The molecular formula is C22H25N3O. The molecule has 1 aromatic heterocycles. The molecule has 134 valence electrons. The van der Waals surface area contributed by atoms with E-state index in [0.717, 1.165) is 37.7 Å². The van der Waals surface area contributed by atoms with Crippen LogP contribution >= 0.6 is 0 Å². The molecule has 0 bridgehead atoms. The molecule has 0 radical (unpaired) electrons. The summed E-state index contributed by atoms with van der Waals surface area (Å²) in [4.78, 5) is 9.67. The fourth-order valence-corrected chi connectivity index (χ4v) is 5.69. The van der Waals surface area contributed by atoms with Crippen molar-refractivity contribution in [2.24, 2.45) is 16.1 Å². The smallest absolute Gasteiger partial charge is 0.127 e. The number of hydrogen-bond donors (Lipinski definition) is 1. The fraction of sp³-hybridized carbons (Fsp3) is 0.455. The van der Waals surface area contributed by atoms with Crippen LogP contribution in [-0.4, -0.2) is 24.0 Å². The number of aromatic nitrogens is 1. The Morgan fingerprint density at radius 1 is 1.15 bits per heavy atom. The quantitative estimate of drug-likeness (QED) is 0.859.